The van der Waals surface area contributed by atoms with Gasteiger partial charge < -0.3 is 10.2 Å². The fourth-order valence-corrected chi connectivity index (χ4v) is 5.40. The molecule has 0 bridgehead atoms. The van der Waals surface area contributed by atoms with Crippen LogP contribution in [0.2, 0.25) is 0 Å². The van der Waals surface area contributed by atoms with Crippen molar-refractivity contribution in [1.29, 1.82) is 0 Å². The van der Waals surface area contributed by atoms with Gasteiger partial charge in [-0.2, -0.15) is 5.10 Å². The molecule has 4 aromatic rings. The first-order valence-electron chi connectivity index (χ1n) is 13.8. The second-order valence-corrected chi connectivity index (χ2v) is 10.6. The van der Waals surface area contributed by atoms with E-state index < -0.39 is 0 Å². The summed E-state index contributed by atoms with van der Waals surface area (Å²) in [4.78, 5) is 33.9. The predicted molar refractivity (Wildman–Crippen MR) is 158 cm³/mol. The van der Waals surface area contributed by atoms with Gasteiger partial charge in [-0.1, -0.05) is 36.4 Å². The Morgan fingerprint density at radius 3 is 2.66 bits per heavy atom. The highest BCUT2D eigenvalue weighted by atomic mass is 19.1. The Labute approximate surface area is 237 Å². The monoisotopic (exact) mass is 553 g/mol. The van der Waals surface area contributed by atoms with E-state index in [4.69, 9.17) is 0 Å². The molecule has 2 aliphatic heterocycles. The number of fused-ring (bicyclic) bond motifs is 2. The van der Waals surface area contributed by atoms with Crippen LogP contribution in [0.3, 0.4) is 0 Å². The number of aromatic nitrogens is 2. The number of carbonyl (C=O) groups is 1. The molecule has 210 valence electrons. The lowest BCUT2D eigenvalue weighted by Gasteiger charge is -2.32. The van der Waals surface area contributed by atoms with Crippen molar-refractivity contribution in [1.82, 2.24) is 30.6 Å². The minimum absolute atomic E-state index is 0.236. The molecule has 10 heteroatoms. The maximum Gasteiger partial charge on any atom is 0.320 e. The molecule has 0 atom stereocenters. The zero-order chi connectivity index (χ0) is 28.3. The molecule has 1 aromatic heterocycles. The van der Waals surface area contributed by atoms with Crippen molar-refractivity contribution in [2.45, 2.75) is 12.8 Å². The van der Waals surface area contributed by atoms with E-state index >= 15 is 4.39 Å². The summed E-state index contributed by atoms with van der Waals surface area (Å²) in [6.45, 7) is 5.49. The molecule has 9 nitrogen and oxygen atoms in total. The molecule has 3 heterocycles. The maximum absolute atomic E-state index is 15.0. The number of nitrogens with zero attached hydrogens (tertiary/aromatic N) is 4. The highest BCUT2D eigenvalue weighted by molar-refractivity contribution is 6.02. The van der Waals surface area contributed by atoms with Gasteiger partial charge in [-0.15, -0.1) is 0 Å². The fourth-order valence-electron chi connectivity index (χ4n) is 5.40. The number of rotatable bonds is 6. The average Bonchev–Trinajstić information content (AvgIpc) is 3.38. The van der Waals surface area contributed by atoms with Gasteiger partial charge in [0.25, 0.3) is 5.56 Å². The third-order valence-corrected chi connectivity index (χ3v) is 7.75. The van der Waals surface area contributed by atoms with Crippen LogP contribution in [0.1, 0.15) is 16.8 Å². The predicted octanol–water partition coefficient (Wildman–Crippen LogP) is 3.45. The Kier molecular flexibility index (Phi) is 7.58. The van der Waals surface area contributed by atoms with E-state index in [9.17, 15) is 9.59 Å². The molecule has 0 radical (unpaired) electrons. The normalized spacial score (nSPS) is 15.5. The maximum atomic E-state index is 15.0. The van der Waals surface area contributed by atoms with Crippen molar-refractivity contribution in [2.24, 2.45) is 4.99 Å². The van der Waals surface area contributed by atoms with Crippen LogP contribution < -0.4 is 16.2 Å². The summed E-state index contributed by atoms with van der Waals surface area (Å²) in [5, 5.41) is 14.0. The summed E-state index contributed by atoms with van der Waals surface area (Å²) in [6.07, 6.45) is 0.945. The van der Waals surface area contributed by atoms with Crippen molar-refractivity contribution in [2.75, 3.05) is 46.3 Å². The molecule has 1 saturated heterocycles. The highest BCUT2D eigenvalue weighted by Crippen LogP contribution is 2.33. The van der Waals surface area contributed by atoms with Crippen LogP contribution in [-0.4, -0.2) is 78.2 Å². The van der Waals surface area contributed by atoms with E-state index in [0.29, 0.717) is 53.1 Å². The number of nitrogens with one attached hydrogen (secondary N) is 3. The first-order chi connectivity index (χ1) is 19.9. The first kappa shape index (κ1) is 26.8. The molecule has 3 N–H and O–H groups in total. The van der Waals surface area contributed by atoms with Gasteiger partial charge >= 0.3 is 6.03 Å². The third kappa shape index (κ3) is 6.03. The van der Waals surface area contributed by atoms with Gasteiger partial charge in [0.05, 0.1) is 16.8 Å². The summed E-state index contributed by atoms with van der Waals surface area (Å²) in [5.74, 6) is 0.229. The van der Waals surface area contributed by atoms with Crippen LogP contribution in [0.5, 0.6) is 0 Å². The van der Waals surface area contributed by atoms with Crippen LogP contribution in [0.4, 0.5) is 14.9 Å². The van der Waals surface area contributed by atoms with Crippen molar-refractivity contribution < 1.29 is 9.18 Å². The summed E-state index contributed by atoms with van der Waals surface area (Å²) < 4.78 is 15.0. The van der Waals surface area contributed by atoms with Crippen LogP contribution in [0.25, 0.3) is 21.9 Å². The second-order valence-electron chi connectivity index (χ2n) is 10.6. The van der Waals surface area contributed by atoms with Crippen molar-refractivity contribution in [3.05, 3.63) is 93.7 Å². The second kappa shape index (κ2) is 11.6. The molecule has 3 aromatic carbocycles. The molecule has 2 aliphatic rings. The summed E-state index contributed by atoms with van der Waals surface area (Å²) in [7, 11) is 2.12. The Hall–Kier alpha value is -4.41. The third-order valence-electron chi connectivity index (χ3n) is 7.75. The summed E-state index contributed by atoms with van der Waals surface area (Å²) in [6, 6.07) is 17.7. The Morgan fingerprint density at radius 2 is 1.83 bits per heavy atom. The van der Waals surface area contributed by atoms with E-state index in [2.05, 4.69) is 42.7 Å². The summed E-state index contributed by atoms with van der Waals surface area (Å²) >= 11 is 0. The number of amidine groups is 1. The lowest BCUT2D eigenvalue weighted by Crippen LogP contribution is -2.48. The lowest BCUT2D eigenvalue weighted by molar-refractivity contribution is 0.155. The molecular weight excluding hydrogens is 521 g/mol. The largest absolute Gasteiger partial charge is 0.337 e. The zero-order valence-electron chi connectivity index (χ0n) is 22.9. The molecule has 0 saturated carbocycles. The highest BCUT2D eigenvalue weighted by Gasteiger charge is 2.19. The van der Waals surface area contributed by atoms with Crippen LogP contribution in [0, 0.1) is 5.82 Å². The number of hydrogen-bond acceptors (Lipinski definition) is 6. The number of amides is 2. The Balaban J connectivity index is 1.13. The molecule has 2 amide bonds. The first-order valence-corrected chi connectivity index (χ1v) is 13.8. The van der Waals surface area contributed by atoms with Crippen molar-refractivity contribution >= 4 is 28.3 Å². The average molecular weight is 554 g/mol. The minimum atomic E-state index is -0.340. The van der Waals surface area contributed by atoms with E-state index in [1.807, 2.05) is 42.5 Å². The molecule has 41 heavy (non-hydrogen) atoms. The molecule has 0 unspecified atom stereocenters. The number of aliphatic imine (C=N–C) groups is 1. The molecule has 1 fully saturated rings. The van der Waals surface area contributed by atoms with E-state index in [1.54, 1.807) is 12.1 Å². The number of likely N-dealkylation sites (N-methyl/N-ethyl adjacent to an activating group) is 1. The van der Waals surface area contributed by atoms with Crippen LogP contribution in [-0.2, 0) is 12.8 Å². The quantitative estimate of drug-likeness (QED) is 0.339. The van der Waals surface area contributed by atoms with E-state index in [-0.39, 0.29) is 17.4 Å². The van der Waals surface area contributed by atoms with Crippen molar-refractivity contribution in [3.63, 3.8) is 0 Å². The number of piperazine rings is 1. The number of benzene rings is 3. The Bertz CT molecular complexity index is 1690. The molecule has 0 aliphatic carbocycles. The number of halogens is 1. The van der Waals surface area contributed by atoms with Crippen LogP contribution in [0.15, 0.2) is 70.5 Å². The standard InChI is InChI=1S/C31H32FN7O2/c1-38-12-14-39(15-13-38)11-10-33-31(41)35-29-19-22-8-7-21(18-27(22)34-29)25-16-20(6-9-26(25)32)17-28-23-4-2-3-5-24(23)30(40)37-36-28/h2-9,16,18H,10-15,17,19H2,1H3,(H,37,40)(H2,33,34,35,41). The van der Waals surface area contributed by atoms with Gasteiger partial charge in [0.2, 0.25) is 0 Å². The number of aromatic amines is 1. The SMILES string of the molecule is CN1CCN(CCNC(=O)NC2=Nc3cc(-c4cc(Cc5n[nH]c(=O)c6ccccc56)ccc4F)ccc3C2)CC1. The Morgan fingerprint density at radius 1 is 1.02 bits per heavy atom. The van der Waals surface area contributed by atoms with Crippen LogP contribution >= 0.6 is 0 Å². The fraction of sp³-hybridized carbons (Fsp3) is 0.290. The molecule has 6 rings (SSSR count). The van der Waals surface area contributed by atoms with Gasteiger partial charge in [-0.3, -0.25) is 15.0 Å². The number of H-pyrrole nitrogens is 1. The van der Waals surface area contributed by atoms with Gasteiger partial charge in [0.15, 0.2) is 0 Å². The summed E-state index contributed by atoms with van der Waals surface area (Å²) in [5.41, 5.74) is 4.19. The zero-order valence-corrected chi connectivity index (χ0v) is 22.9. The number of urea groups is 1. The van der Waals surface area contributed by atoms with Gasteiger partial charge in [-0.25, -0.2) is 19.3 Å². The van der Waals surface area contributed by atoms with E-state index in [1.165, 1.54) is 6.07 Å². The van der Waals surface area contributed by atoms with Gasteiger partial charge in [0, 0.05) is 63.1 Å². The molecular formula is C31H32FN7O2. The minimum Gasteiger partial charge on any atom is -0.337 e. The van der Waals surface area contributed by atoms with E-state index in [0.717, 1.165) is 49.2 Å². The molecule has 0 spiro atoms. The smallest absolute Gasteiger partial charge is 0.320 e. The topological polar surface area (TPSA) is 106 Å². The van der Waals surface area contributed by atoms with Crippen molar-refractivity contribution in [3.8, 4) is 11.1 Å². The number of carbonyl (C=O) groups excluding carboxylic acids is 1. The lowest BCUT2D eigenvalue weighted by atomic mass is 9.97. The van der Waals surface area contributed by atoms with Gasteiger partial charge in [-0.05, 0) is 48.0 Å². The van der Waals surface area contributed by atoms with Gasteiger partial charge in [0.1, 0.15) is 11.7 Å². The number of hydrogen-bond donors (Lipinski definition) is 3.